The molecule has 4 rings (SSSR count). The number of nitrogens with one attached hydrogen (secondary N) is 1. The van der Waals surface area contributed by atoms with Crippen LogP contribution in [0.25, 0.3) is 11.3 Å². The first-order valence-corrected chi connectivity index (χ1v) is 8.13. The zero-order valence-corrected chi connectivity index (χ0v) is 13.9. The lowest BCUT2D eigenvalue weighted by atomic mass is 10.0. The summed E-state index contributed by atoms with van der Waals surface area (Å²) in [5, 5.41) is 11.9. The Bertz CT molecular complexity index is 879. The van der Waals surface area contributed by atoms with E-state index in [-0.39, 0.29) is 5.82 Å². The van der Waals surface area contributed by atoms with Gasteiger partial charge in [-0.25, -0.2) is 4.39 Å². The van der Waals surface area contributed by atoms with E-state index in [4.69, 9.17) is 0 Å². The van der Waals surface area contributed by atoms with Crippen LogP contribution < -0.4 is 0 Å². The van der Waals surface area contributed by atoms with Gasteiger partial charge in [0.05, 0.1) is 11.9 Å². The number of aryl methyl sites for hydroxylation is 1. The lowest BCUT2D eigenvalue weighted by molar-refractivity contribution is 0.244. The third-order valence-electron chi connectivity index (χ3n) is 4.84. The molecule has 3 heterocycles. The molecule has 24 heavy (non-hydrogen) atoms. The van der Waals surface area contributed by atoms with E-state index in [2.05, 4.69) is 27.1 Å². The van der Waals surface area contributed by atoms with Crippen molar-refractivity contribution in [3.63, 3.8) is 0 Å². The Kier molecular flexibility index (Phi) is 3.69. The highest BCUT2D eigenvalue weighted by molar-refractivity contribution is 5.64. The summed E-state index contributed by atoms with van der Waals surface area (Å²) in [6.45, 7) is 4.75. The van der Waals surface area contributed by atoms with Crippen LogP contribution in [0.15, 0.2) is 30.5 Å². The quantitative estimate of drug-likeness (QED) is 0.805. The number of rotatable bonds is 3. The van der Waals surface area contributed by atoms with Crippen molar-refractivity contribution < 1.29 is 4.39 Å². The molecular formula is C18H20FN5. The molecule has 0 aliphatic carbocycles. The Labute approximate surface area is 140 Å². The van der Waals surface area contributed by atoms with Crippen LogP contribution in [0.4, 0.5) is 4.39 Å². The van der Waals surface area contributed by atoms with Crippen LogP contribution in [-0.4, -0.2) is 31.4 Å². The Morgan fingerprint density at radius 2 is 2.21 bits per heavy atom. The largest absolute Gasteiger partial charge is 0.294 e. The lowest BCUT2D eigenvalue weighted by Crippen LogP contribution is -2.30. The Balaban J connectivity index is 1.60. The van der Waals surface area contributed by atoms with Gasteiger partial charge in [0.1, 0.15) is 5.82 Å². The molecule has 5 nitrogen and oxygen atoms in total. The second-order valence-electron chi connectivity index (χ2n) is 6.38. The van der Waals surface area contributed by atoms with Gasteiger partial charge in [0.25, 0.3) is 0 Å². The number of nitrogens with zero attached hydrogens (tertiary/aromatic N) is 4. The van der Waals surface area contributed by atoms with Crippen molar-refractivity contribution in [3.05, 3.63) is 58.8 Å². The molecule has 0 unspecified atom stereocenters. The second kappa shape index (κ2) is 5.87. The van der Waals surface area contributed by atoms with Crippen LogP contribution in [0.2, 0.25) is 0 Å². The van der Waals surface area contributed by atoms with Crippen molar-refractivity contribution in [2.24, 2.45) is 7.05 Å². The van der Waals surface area contributed by atoms with E-state index >= 15 is 0 Å². The van der Waals surface area contributed by atoms with Crippen molar-refractivity contribution >= 4 is 0 Å². The van der Waals surface area contributed by atoms with Gasteiger partial charge in [0.15, 0.2) is 0 Å². The molecule has 1 aromatic carbocycles. The minimum Gasteiger partial charge on any atom is -0.294 e. The predicted octanol–water partition coefficient (Wildman–Crippen LogP) is 2.82. The third-order valence-corrected chi connectivity index (χ3v) is 4.84. The van der Waals surface area contributed by atoms with Crippen molar-refractivity contribution in [3.8, 4) is 11.3 Å². The maximum atomic E-state index is 13.5. The van der Waals surface area contributed by atoms with Gasteiger partial charge in [-0.15, -0.1) is 0 Å². The molecule has 0 saturated heterocycles. The summed E-state index contributed by atoms with van der Waals surface area (Å²) in [5.41, 5.74) is 6.46. The summed E-state index contributed by atoms with van der Waals surface area (Å²) in [7, 11) is 1.96. The van der Waals surface area contributed by atoms with Gasteiger partial charge >= 0.3 is 0 Å². The van der Waals surface area contributed by atoms with Crippen LogP contribution >= 0.6 is 0 Å². The number of benzene rings is 1. The average molecular weight is 325 g/mol. The minimum atomic E-state index is -0.233. The first kappa shape index (κ1) is 15.1. The summed E-state index contributed by atoms with van der Waals surface area (Å²) < 4.78 is 15.4. The number of H-pyrrole nitrogens is 1. The molecule has 1 aliphatic heterocycles. The minimum absolute atomic E-state index is 0.233. The molecule has 0 amide bonds. The molecule has 0 fully saturated rings. The highest BCUT2D eigenvalue weighted by Crippen LogP contribution is 2.29. The van der Waals surface area contributed by atoms with Gasteiger partial charge in [0, 0.05) is 61.2 Å². The zero-order valence-electron chi connectivity index (χ0n) is 13.9. The fraction of sp³-hybridized carbons (Fsp3) is 0.333. The third kappa shape index (κ3) is 2.63. The molecule has 6 heteroatoms. The lowest BCUT2D eigenvalue weighted by Gasteiger charge is -2.26. The molecule has 0 radical (unpaired) electrons. The van der Waals surface area contributed by atoms with Crippen LogP contribution in [0, 0.1) is 12.7 Å². The Morgan fingerprint density at radius 1 is 1.33 bits per heavy atom. The van der Waals surface area contributed by atoms with Crippen LogP contribution in [0.1, 0.15) is 22.5 Å². The predicted molar refractivity (Wildman–Crippen MR) is 89.7 cm³/mol. The van der Waals surface area contributed by atoms with E-state index in [1.54, 1.807) is 12.1 Å². The average Bonchev–Trinajstić information content (AvgIpc) is 3.13. The van der Waals surface area contributed by atoms with Gasteiger partial charge in [-0.2, -0.15) is 10.2 Å². The normalized spacial score (nSPS) is 14.8. The number of halogens is 1. The zero-order chi connectivity index (χ0) is 16.7. The molecule has 0 saturated carbocycles. The molecule has 3 aromatic rings. The molecular weight excluding hydrogens is 305 g/mol. The van der Waals surface area contributed by atoms with Gasteiger partial charge in [-0.3, -0.25) is 14.7 Å². The molecule has 124 valence electrons. The Hall–Kier alpha value is -2.47. The van der Waals surface area contributed by atoms with E-state index in [0.717, 1.165) is 43.0 Å². The summed E-state index contributed by atoms with van der Waals surface area (Å²) in [6.07, 6.45) is 2.87. The SMILES string of the molecule is Cc1c(CN2CCc3[nH]nc(-c4cccc(F)c4)c3C2)cnn1C. The highest BCUT2D eigenvalue weighted by atomic mass is 19.1. The Morgan fingerprint density at radius 3 is 2.96 bits per heavy atom. The molecule has 2 aromatic heterocycles. The van der Waals surface area contributed by atoms with Crippen molar-refractivity contribution in [2.45, 2.75) is 26.4 Å². The van der Waals surface area contributed by atoms with Gasteiger partial charge in [0.2, 0.25) is 0 Å². The molecule has 0 spiro atoms. The molecule has 1 aliphatic rings. The van der Waals surface area contributed by atoms with E-state index in [1.807, 2.05) is 24.0 Å². The summed E-state index contributed by atoms with van der Waals surface area (Å²) >= 11 is 0. The highest BCUT2D eigenvalue weighted by Gasteiger charge is 2.23. The van der Waals surface area contributed by atoms with Crippen LogP contribution in [-0.2, 0) is 26.6 Å². The maximum absolute atomic E-state index is 13.5. The number of aromatic nitrogens is 4. The monoisotopic (exact) mass is 325 g/mol. The molecule has 0 atom stereocenters. The summed E-state index contributed by atoms with van der Waals surface area (Å²) in [5.74, 6) is -0.233. The van der Waals surface area contributed by atoms with Crippen LogP contribution in [0.3, 0.4) is 0 Å². The smallest absolute Gasteiger partial charge is 0.123 e. The molecule has 0 bridgehead atoms. The number of hydrogen-bond donors (Lipinski definition) is 1. The van der Waals surface area contributed by atoms with Gasteiger partial charge in [-0.05, 0) is 19.1 Å². The van der Waals surface area contributed by atoms with Gasteiger partial charge < -0.3 is 0 Å². The fourth-order valence-electron chi connectivity index (χ4n) is 3.30. The summed E-state index contributed by atoms with van der Waals surface area (Å²) in [4.78, 5) is 2.39. The summed E-state index contributed by atoms with van der Waals surface area (Å²) in [6, 6.07) is 6.63. The number of fused-ring (bicyclic) bond motifs is 1. The van der Waals surface area contributed by atoms with Crippen molar-refractivity contribution in [2.75, 3.05) is 6.54 Å². The first-order chi connectivity index (χ1) is 11.6. The standard InChI is InChI=1S/C18H20FN5/c1-12-14(9-20-23(12)2)10-24-7-6-17-16(11-24)18(22-21-17)13-4-3-5-15(19)8-13/h3-5,8-9H,6-7,10-11H2,1-2H3,(H,21,22). The van der Waals surface area contributed by atoms with Crippen LogP contribution in [0.5, 0.6) is 0 Å². The topological polar surface area (TPSA) is 49.7 Å². The van der Waals surface area contributed by atoms with E-state index in [1.165, 1.54) is 22.9 Å². The van der Waals surface area contributed by atoms with E-state index in [0.29, 0.717) is 0 Å². The van der Waals surface area contributed by atoms with Gasteiger partial charge in [-0.1, -0.05) is 12.1 Å². The maximum Gasteiger partial charge on any atom is 0.123 e. The second-order valence-corrected chi connectivity index (χ2v) is 6.38. The van der Waals surface area contributed by atoms with E-state index in [9.17, 15) is 4.39 Å². The van der Waals surface area contributed by atoms with Crippen molar-refractivity contribution in [1.29, 1.82) is 0 Å². The fourth-order valence-corrected chi connectivity index (χ4v) is 3.30. The number of aromatic amines is 1. The molecule has 1 N–H and O–H groups in total. The van der Waals surface area contributed by atoms with E-state index < -0.39 is 0 Å². The van der Waals surface area contributed by atoms with Crippen molar-refractivity contribution in [1.82, 2.24) is 24.9 Å². The number of hydrogen-bond acceptors (Lipinski definition) is 3. The first-order valence-electron chi connectivity index (χ1n) is 8.13.